The van der Waals surface area contributed by atoms with Crippen molar-refractivity contribution < 1.29 is 24.2 Å². The lowest BCUT2D eigenvalue weighted by Gasteiger charge is -2.21. The molecule has 6 nitrogen and oxygen atoms in total. The van der Waals surface area contributed by atoms with Crippen molar-refractivity contribution in [3.05, 3.63) is 42.0 Å². The summed E-state index contributed by atoms with van der Waals surface area (Å²) in [5.41, 5.74) is 1.38. The van der Waals surface area contributed by atoms with Crippen LogP contribution in [0, 0.1) is 0 Å². The van der Waals surface area contributed by atoms with E-state index in [0.29, 0.717) is 25.4 Å². The van der Waals surface area contributed by atoms with Crippen molar-refractivity contribution in [3.63, 3.8) is 0 Å². The van der Waals surface area contributed by atoms with Gasteiger partial charge in [0.1, 0.15) is 6.61 Å². The molecule has 0 fully saturated rings. The molecule has 0 saturated heterocycles. The summed E-state index contributed by atoms with van der Waals surface area (Å²) < 4.78 is 10.4. The Balaban J connectivity index is 2.35. The van der Waals surface area contributed by atoms with Crippen LogP contribution in [0.3, 0.4) is 0 Å². The lowest BCUT2D eigenvalue weighted by Crippen LogP contribution is -2.34. The average molecular weight is 277 g/mol. The first kappa shape index (κ1) is 14.1. The molecule has 0 spiro atoms. The highest BCUT2D eigenvalue weighted by Gasteiger charge is 2.23. The standard InChI is InChI=1S/C14H15NO5/c1-2-6-20-14(18)15-5-7-19-9-11-4-3-10(13(16)17)8-12(11)15/h2-4,8H,1,5-7,9H2,(H,16,17). The van der Waals surface area contributed by atoms with Crippen LogP contribution in [-0.4, -0.2) is 36.9 Å². The van der Waals surface area contributed by atoms with E-state index in [9.17, 15) is 9.59 Å². The van der Waals surface area contributed by atoms with E-state index in [0.717, 1.165) is 5.56 Å². The first-order chi connectivity index (χ1) is 9.63. The Bertz CT molecular complexity index is 540. The molecule has 20 heavy (non-hydrogen) atoms. The summed E-state index contributed by atoms with van der Waals surface area (Å²) in [7, 11) is 0. The number of anilines is 1. The number of carboxylic acids is 1. The number of hydrogen-bond donors (Lipinski definition) is 1. The maximum atomic E-state index is 12.0. The number of carbonyl (C=O) groups excluding carboxylic acids is 1. The molecular weight excluding hydrogens is 262 g/mol. The zero-order chi connectivity index (χ0) is 14.5. The van der Waals surface area contributed by atoms with Gasteiger partial charge in [-0.2, -0.15) is 0 Å². The molecule has 1 N–H and O–H groups in total. The summed E-state index contributed by atoms with van der Waals surface area (Å²) in [6.07, 6.45) is 0.931. The third-order valence-corrected chi connectivity index (χ3v) is 2.88. The summed E-state index contributed by atoms with van der Waals surface area (Å²) >= 11 is 0. The number of amides is 1. The Morgan fingerprint density at radius 3 is 3.00 bits per heavy atom. The molecule has 1 heterocycles. The van der Waals surface area contributed by atoms with Gasteiger partial charge in [0.15, 0.2) is 0 Å². The molecule has 0 aliphatic carbocycles. The number of carbonyl (C=O) groups is 2. The van der Waals surface area contributed by atoms with Gasteiger partial charge in [-0.05, 0) is 12.1 Å². The largest absolute Gasteiger partial charge is 0.478 e. The van der Waals surface area contributed by atoms with E-state index in [1.807, 2.05) is 0 Å². The van der Waals surface area contributed by atoms with E-state index in [1.54, 1.807) is 6.07 Å². The van der Waals surface area contributed by atoms with Crippen LogP contribution in [0.15, 0.2) is 30.9 Å². The van der Waals surface area contributed by atoms with Gasteiger partial charge in [0, 0.05) is 5.56 Å². The second-order valence-electron chi connectivity index (χ2n) is 4.22. The zero-order valence-corrected chi connectivity index (χ0v) is 10.9. The van der Waals surface area contributed by atoms with E-state index in [-0.39, 0.29) is 12.2 Å². The van der Waals surface area contributed by atoms with Crippen LogP contribution in [-0.2, 0) is 16.1 Å². The smallest absolute Gasteiger partial charge is 0.414 e. The van der Waals surface area contributed by atoms with Gasteiger partial charge in [0.05, 0.1) is 31.0 Å². The SMILES string of the molecule is C=CCOC(=O)N1CCOCc2ccc(C(=O)O)cc21. The molecule has 1 aliphatic heterocycles. The molecule has 0 bridgehead atoms. The molecule has 0 saturated carbocycles. The van der Waals surface area contributed by atoms with Gasteiger partial charge in [-0.25, -0.2) is 9.59 Å². The number of carboxylic acid groups (broad SMARTS) is 1. The van der Waals surface area contributed by atoms with E-state index in [1.165, 1.54) is 23.1 Å². The fourth-order valence-corrected chi connectivity index (χ4v) is 1.93. The van der Waals surface area contributed by atoms with Crippen molar-refractivity contribution >= 4 is 17.7 Å². The van der Waals surface area contributed by atoms with E-state index in [4.69, 9.17) is 14.6 Å². The predicted molar refractivity (Wildman–Crippen MR) is 71.9 cm³/mol. The molecule has 2 rings (SSSR count). The molecule has 0 radical (unpaired) electrons. The molecule has 1 aromatic carbocycles. The van der Waals surface area contributed by atoms with E-state index >= 15 is 0 Å². The topological polar surface area (TPSA) is 76.1 Å². The van der Waals surface area contributed by atoms with Gasteiger partial charge >= 0.3 is 12.1 Å². The minimum atomic E-state index is -1.04. The highest BCUT2D eigenvalue weighted by molar-refractivity contribution is 5.93. The molecule has 0 aromatic heterocycles. The van der Waals surface area contributed by atoms with Gasteiger partial charge in [-0.3, -0.25) is 4.90 Å². The van der Waals surface area contributed by atoms with E-state index in [2.05, 4.69) is 6.58 Å². The van der Waals surface area contributed by atoms with Crippen molar-refractivity contribution in [3.8, 4) is 0 Å². The highest BCUT2D eigenvalue weighted by Crippen LogP contribution is 2.26. The summed E-state index contributed by atoms with van der Waals surface area (Å²) in [6, 6.07) is 4.60. The van der Waals surface area contributed by atoms with Gasteiger partial charge in [0.25, 0.3) is 0 Å². The lowest BCUT2D eigenvalue weighted by atomic mass is 10.1. The Labute approximate surface area is 116 Å². The van der Waals surface area contributed by atoms with Crippen LogP contribution >= 0.6 is 0 Å². The number of aromatic carboxylic acids is 1. The Morgan fingerprint density at radius 2 is 2.30 bits per heavy atom. The average Bonchev–Trinajstić information content (AvgIpc) is 2.66. The summed E-state index contributed by atoms with van der Waals surface area (Å²) in [4.78, 5) is 24.4. The minimum Gasteiger partial charge on any atom is -0.478 e. The van der Waals surface area contributed by atoms with Crippen molar-refractivity contribution in [2.45, 2.75) is 6.61 Å². The predicted octanol–water partition coefficient (Wildman–Crippen LogP) is 2.04. The van der Waals surface area contributed by atoms with E-state index < -0.39 is 12.1 Å². The molecule has 0 unspecified atom stereocenters. The number of nitrogens with zero attached hydrogens (tertiary/aromatic N) is 1. The van der Waals surface area contributed by atoms with Crippen molar-refractivity contribution in [1.29, 1.82) is 0 Å². The summed E-state index contributed by atoms with van der Waals surface area (Å²) in [6.45, 7) is 4.59. The Kier molecular flexibility index (Phi) is 4.37. The molecule has 1 aliphatic rings. The second kappa shape index (κ2) is 6.21. The number of hydrogen-bond acceptors (Lipinski definition) is 4. The first-order valence-corrected chi connectivity index (χ1v) is 6.12. The lowest BCUT2D eigenvalue weighted by molar-refractivity contribution is 0.0696. The normalized spacial score (nSPS) is 14.1. The fraction of sp³-hybridized carbons (Fsp3) is 0.286. The quantitative estimate of drug-likeness (QED) is 0.856. The molecular formula is C14H15NO5. The third kappa shape index (κ3) is 2.97. The van der Waals surface area contributed by atoms with Gasteiger partial charge in [0.2, 0.25) is 0 Å². The van der Waals surface area contributed by atoms with Crippen LogP contribution < -0.4 is 4.90 Å². The van der Waals surface area contributed by atoms with Crippen LogP contribution in [0.5, 0.6) is 0 Å². The first-order valence-electron chi connectivity index (χ1n) is 6.12. The maximum Gasteiger partial charge on any atom is 0.414 e. The number of ether oxygens (including phenoxy) is 2. The molecule has 0 atom stereocenters. The van der Waals surface area contributed by atoms with Crippen LogP contribution in [0.25, 0.3) is 0 Å². The van der Waals surface area contributed by atoms with Gasteiger partial charge in [-0.15, -0.1) is 0 Å². The summed E-state index contributed by atoms with van der Waals surface area (Å²) in [5, 5.41) is 9.04. The molecule has 1 aromatic rings. The van der Waals surface area contributed by atoms with Crippen molar-refractivity contribution in [2.75, 3.05) is 24.7 Å². The summed E-state index contributed by atoms with van der Waals surface area (Å²) in [5.74, 6) is -1.04. The van der Waals surface area contributed by atoms with Crippen molar-refractivity contribution in [2.24, 2.45) is 0 Å². The maximum absolute atomic E-state index is 12.0. The Hall–Kier alpha value is -2.34. The fourth-order valence-electron chi connectivity index (χ4n) is 1.93. The Morgan fingerprint density at radius 1 is 1.50 bits per heavy atom. The molecule has 6 heteroatoms. The third-order valence-electron chi connectivity index (χ3n) is 2.88. The van der Waals surface area contributed by atoms with Crippen LogP contribution in [0.4, 0.5) is 10.5 Å². The molecule has 1 amide bonds. The van der Waals surface area contributed by atoms with Crippen LogP contribution in [0.1, 0.15) is 15.9 Å². The van der Waals surface area contributed by atoms with Crippen molar-refractivity contribution in [1.82, 2.24) is 0 Å². The second-order valence-corrected chi connectivity index (χ2v) is 4.22. The van der Waals surface area contributed by atoms with Crippen LogP contribution in [0.2, 0.25) is 0 Å². The minimum absolute atomic E-state index is 0.101. The van der Waals surface area contributed by atoms with Gasteiger partial charge in [-0.1, -0.05) is 18.7 Å². The molecule has 106 valence electrons. The number of benzene rings is 1. The highest BCUT2D eigenvalue weighted by atomic mass is 16.6. The number of fused-ring (bicyclic) bond motifs is 1. The van der Waals surface area contributed by atoms with Gasteiger partial charge < -0.3 is 14.6 Å². The number of rotatable bonds is 3. The zero-order valence-electron chi connectivity index (χ0n) is 10.9. The monoisotopic (exact) mass is 277 g/mol.